The Bertz CT molecular complexity index is 202. The molecule has 0 heterocycles. The molecular formula is C7H9N3. The van der Waals surface area contributed by atoms with E-state index in [1.807, 2.05) is 6.07 Å². The molecule has 2 N–H and O–H groups in total. The van der Waals surface area contributed by atoms with Crippen LogP contribution in [0.3, 0.4) is 0 Å². The standard InChI is InChI=1S/C7H9N3/c8-2-1-6-3-7(10,4-6)5-9/h6H,1,3-4,10H2. The number of nitriles is 2. The van der Waals surface area contributed by atoms with Crippen molar-refractivity contribution >= 4 is 0 Å². The van der Waals surface area contributed by atoms with E-state index in [9.17, 15) is 0 Å². The third-order valence-corrected chi connectivity index (χ3v) is 1.91. The van der Waals surface area contributed by atoms with Gasteiger partial charge < -0.3 is 5.73 Å². The van der Waals surface area contributed by atoms with Crippen LogP contribution in [0, 0.1) is 28.6 Å². The summed E-state index contributed by atoms with van der Waals surface area (Å²) in [4.78, 5) is 0. The van der Waals surface area contributed by atoms with Gasteiger partial charge in [0.05, 0.1) is 12.1 Å². The van der Waals surface area contributed by atoms with E-state index in [0.717, 1.165) is 0 Å². The number of hydrogen-bond acceptors (Lipinski definition) is 3. The molecule has 1 fully saturated rings. The third kappa shape index (κ3) is 1.10. The molecule has 0 aromatic carbocycles. The minimum Gasteiger partial charge on any atom is -0.313 e. The van der Waals surface area contributed by atoms with Gasteiger partial charge in [0.25, 0.3) is 0 Å². The molecule has 0 unspecified atom stereocenters. The first-order chi connectivity index (χ1) is 4.70. The summed E-state index contributed by atoms with van der Waals surface area (Å²) in [5.41, 5.74) is 4.94. The Hall–Kier alpha value is -1.06. The maximum Gasteiger partial charge on any atom is 0.104 e. The predicted molar refractivity (Wildman–Crippen MR) is 35.5 cm³/mol. The Kier molecular flexibility index (Phi) is 1.61. The Morgan fingerprint density at radius 3 is 2.50 bits per heavy atom. The van der Waals surface area contributed by atoms with Gasteiger partial charge in [-0.2, -0.15) is 10.5 Å². The molecule has 0 atom stereocenters. The molecule has 3 heteroatoms. The predicted octanol–water partition coefficient (Wildman–Crippen LogP) is 0.531. The Balaban J connectivity index is 2.33. The first kappa shape index (κ1) is 7.05. The van der Waals surface area contributed by atoms with Crippen molar-refractivity contribution in [3.8, 4) is 12.1 Å². The molecule has 0 aliphatic heterocycles. The van der Waals surface area contributed by atoms with Crippen LogP contribution in [-0.4, -0.2) is 5.54 Å². The van der Waals surface area contributed by atoms with E-state index in [-0.39, 0.29) is 0 Å². The van der Waals surface area contributed by atoms with Crippen LogP contribution >= 0.6 is 0 Å². The normalized spacial score (nSPS) is 37.3. The molecule has 3 nitrogen and oxygen atoms in total. The summed E-state index contributed by atoms with van der Waals surface area (Å²) in [5, 5.41) is 16.7. The van der Waals surface area contributed by atoms with E-state index in [1.54, 1.807) is 0 Å². The maximum atomic E-state index is 8.47. The van der Waals surface area contributed by atoms with Crippen LogP contribution in [0.5, 0.6) is 0 Å². The summed E-state index contributed by atoms with van der Waals surface area (Å²) in [6, 6.07) is 4.10. The van der Waals surface area contributed by atoms with Gasteiger partial charge in [-0.1, -0.05) is 0 Å². The third-order valence-electron chi connectivity index (χ3n) is 1.91. The van der Waals surface area contributed by atoms with Gasteiger partial charge in [0.1, 0.15) is 5.54 Å². The van der Waals surface area contributed by atoms with Crippen molar-refractivity contribution in [2.24, 2.45) is 11.7 Å². The lowest BCUT2D eigenvalue weighted by Crippen LogP contribution is -2.50. The number of nitrogens with two attached hydrogens (primary N) is 1. The molecule has 1 aliphatic carbocycles. The van der Waals surface area contributed by atoms with E-state index < -0.39 is 5.54 Å². The molecule has 52 valence electrons. The van der Waals surface area contributed by atoms with Crippen LogP contribution in [0.25, 0.3) is 0 Å². The summed E-state index contributed by atoms with van der Waals surface area (Å²) in [6.07, 6.45) is 1.93. The van der Waals surface area contributed by atoms with E-state index in [4.69, 9.17) is 16.3 Å². The highest BCUT2D eigenvalue weighted by atomic mass is 14.8. The SMILES string of the molecule is N#CCC1CC(N)(C#N)C1. The van der Waals surface area contributed by atoms with Crippen LogP contribution in [0.2, 0.25) is 0 Å². The lowest BCUT2D eigenvalue weighted by molar-refractivity contribution is 0.207. The van der Waals surface area contributed by atoms with Gasteiger partial charge in [-0.3, -0.25) is 0 Å². The quantitative estimate of drug-likeness (QED) is 0.570. The molecule has 1 saturated carbocycles. The van der Waals surface area contributed by atoms with Gasteiger partial charge in [-0.05, 0) is 18.8 Å². The molecule has 0 amide bonds. The van der Waals surface area contributed by atoms with Crippen LogP contribution in [0.1, 0.15) is 19.3 Å². The summed E-state index contributed by atoms with van der Waals surface area (Å²) in [6.45, 7) is 0. The molecule has 0 aromatic rings. The minimum absolute atomic E-state index is 0.370. The van der Waals surface area contributed by atoms with E-state index in [2.05, 4.69) is 6.07 Å². The largest absolute Gasteiger partial charge is 0.313 e. The fourth-order valence-electron chi connectivity index (χ4n) is 1.34. The zero-order valence-corrected chi connectivity index (χ0v) is 5.67. The van der Waals surface area contributed by atoms with Gasteiger partial charge in [0.2, 0.25) is 0 Å². The zero-order valence-electron chi connectivity index (χ0n) is 5.67. The smallest absolute Gasteiger partial charge is 0.104 e. The molecule has 0 spiro atoms. The van der Waals surface area contributed by atoms with Crippen molar-refractivity contribution in [3.05, 3.63) is 0 Å². The van der Waals surface area contributed by atoms with E-state index in [1.165, 1.54) is 0 Å². The summed E-state index contributed by atoms with van der Waals surface area (Å²) in [5.74, 6) is 0.370. The molecule has 1 rings (SSSR count). The second kappa shape index (κ2) is 2.28. The van der Waals surface area contributed by atoms with E-state index in [0.29, 0.717) is 25.2 Å². The Morgan fingerprint density at radius 1 is 1.50 bits per heavy atom. The van der Waals surface area contributed by atoms with Crippen LogP contribution in [0.4, 0.5) is 0 Å². The lowest BCUT2D eigenvalue weighted by atomic mass is 9.69. The molecule has 0 saturated heterocycles. The average molecular weight is 135 g/mol. The summed E-state index contributed by atoms with van der Waals surface area (Å²) < 4.78 is 0. The second-order valence-electron chi connectivity index (χ2n) is 2.90. The lowest BCUT2D eigenvalue weighted by Gasteiger charge is -2.38. The first-order valence-electron chi connectivity index (χ1n) is 3.27. The monoisotopic (exact) mass is 135 g/mol. The first-order valence-corrected chi connectivity index (χ1v) is 3.27. The minimum atomic E-state index is -0.610. The fraction of sp³-hybridized carbons (Fsp3) is 0.714. The van der Waals surface area contributed by atoms with Crippen molar-refractivity contribution in [1.29, 1.82) is 10.5 Å². The molecule has 10 heavy (non-hydrogen) atoms. The molecular weight excluding hydrogens is 126 g/mol. The maximum absolute atomic E-state index is 8.47. The molecule has 0 radical (unpaired) electrons. The Labute approximate surface area is 60.0 Å². The van der Waals surface area contributed by atoms with Gasteiger partial charge in [0, 0.05) is 6.42 Å². The molecule has 1 aliphatic rings. The molecule has 0 aromatic heterocycles. The zero-order chi connectivity index (χ0) is 7.61. The fourth-order valence-corrected chi connectivity index (χ4v) is 1.34. The summed E-state index contributed by atoms with van der Waals surface area (Å²) in [7, 11) is 0. The van der Waals surface area contributed by atoms with Crippen molar-refractivity contribution in [1.82, 2.24) is 0 Å². The number of hydrogen-bond donors (Lipinski definition) is 1. The summed E-state index contributed by atoms with van der Waals surface area (Å²) >= 11 is 0. The topological polar surface area (TPSA) is 73.6 Å². The van der Waals surface area contributed by atoms with Gasteiger partial charge in [0.15, 0.2) is 0 Å². The van der Waals surface area contributed by atoms with Crippen LogP contribution in [-0.2, 0) is 0 Å². The molecule has 0 bridgehead atoms. The average Bonchev–Trinajstić information content (AvgIpc) is 1.85. The van der Waals surface area contributed by atoms with Crippen LogP contribution in [0.15, 0.2) is 0 Å². The van der Waals surface area contributed by atoms with Gasteiger partial charge in [-0.25, -0.2) is 0 Å². The number of nitrogens with zero attached hydrogens (tertiary/aromatic N) is 2. The highest BCUT2D eigenvalue weighted by Gasteiger charge is 2.40. The van der Waals surface area contributed by atoms with Crippen LogP contribution < -0.4 is 5.73 Å². The van der Waals surface area contributed by atoms with Gasteiger partial charge in [-0.15, -0.1) is 0 Å². The van der Waals surface area contributed by atoms with Crippen molar-refractivity contribution in [3.63, 3.8) is 0 Å². The second-order valence-corrected chi connectivity index (χ2v) is 2.90. The highest BCUT2D eigenvalue weighted by molar-refractivity contribution is 5.14. The van der Waals surface area contributed by atoms with E-state index >= 15 is 0 Å². The van der Waals surface area contributed by atoms with Crippen molar-refractivity contribution < 1.29 is 0 Å². The number of rotatable bonds is 1. The van der Waals surface area contributed by atoms with Crippen molar-refractivity contribution in [2.75, 3.05) is 0 Å². The van der Waals surface area contributed by atoms with Crippen molar-refractivity contribution in [2.45, 2.75) is 24.8 Å². The highest BCUT2D eigenvalue weighted by Crippen LogP contribution is 2.36. The van der Waals surface area contributed by atoms with Gasteiger partial charge >= 0.3 is 0 Å². The Morgan fingerprint density at radius 2 is 2.10 bits per heavy atom.